The molecule has 0 saturated heterocycles. The smallest absolute Gasteiger partial charge is 0.343 e. The molecule has 0 N–H and O–H groups in total. The van der Waals surface area contributed by atoms with Crippen molar-refractivity contribution in [3.8, 4) is 5.75 Å². The van der Waals surface area contributed by atoms with E-state index < -0.39 is 11.8 Å². The van der Waals surface area contributed by atoms with Gasteiger partial charge in [0.1, 0.15) is 11.6 Å². The van der Waals surface area contributed by atoms with E-state index in [4.69, 9.17) is 4.74 Å². The highest BCUT2D eigenvalue weighted by atomic mass is 19.1. The van der Waals surface area contributed by atoms with Crippen molar-refractivity contribution in [2.75, 3.05) is 0 Å². The molecule has 2 aromatic carbocycles. The monoisotopic (exact) mass is 272 g/mol. The second-order valence-electron chi connectivity index (χ2n) is 4.20. The van der Waals surface area contributed by atoms with Crippen LogP contribution in [0.15, 0.2) is 48.5 Å². The summed E-state index contributed by atoms with van der Waals surface area (Å²) in [6.45, 7) is 1.78. The third-order valence-corrected chi connectivity index (χ3v) is 2.79. The van der Waals surface area contributed by atoms with Gasteiger partial charge in [-0.25, -0.2) is 9.18 Å². The molecule has 0 aliphatic carbocycles. The lowest BCUT2D eigenvalue weighted by atomic mass is 10.1. The van der Waals surface area contributed by atoms with Crippen LogP contribution < -0.4 is 4.74 Å². The first-order chi connectivity index (χ1) is 9.60. The Labute approximate surface area is 116 Å². The van der Waals surface area contributed by atoms with Crippen LogP contribution in [0.3, 0.4) is 0 Å². The highest BCUT2D eigenvalue weighted by molar-refractivity contribution is 5.96. The second kappa shape index (κ2) is 6.10. The number of halogens is 1. The zero-order valence-electron chi connectivity index (χ0n) is 10.9. The lowest BCUT2D eigenvalue weighted by Crippen LogP contribution is -2.08. The van der Waals surface area contributed by atoms with Gasteiger partial charge in [0, 0.05) is 12.0 Å². The summed E-state index contributed by atoms with van der Waals surface area (Å²) in [5.41, 5.74) is 0.842. The third kappa shape index (κ3) is 3.29. The molecule has 3 nitrogen and oxygen atoms in total. The average molecular weight is 272 g/mol. The molecule has 0 spiro atoms. The van der Waals surface area contributed by atoms with Crippen LogP contribution in [-0.2, 0) is 0 Å². The second-order valence-corrected chi connectivity index (χ2v) is 4.20. The fraction of sp³-hybridized carbons (Fsp3) is 0.125. The minimum atomic E-state index is -0.570. The van der Waals surface area contributed by atoms with Gasteiger partial charge in [-0.1, -0.05) is 6.92 Å². The maximum atomic E-state index is 12.7. The molecule has 0 fully saturated rings. The molecule has 0 unspecified atom stereocenters. The van der Waals surface area contributed by atoms with E-state index in [9.17, 15) is 14.0 Å². The van der Waals surface area contributed by atoms with E-state index in [1.54, 1.807) is 31.2 Å². The maximum absolute atomic E-state index is 12.7. The van der Waals surface area contributed by atoms with Crippen LogP contribution in [0.25, 0.3) is 0 Å². The molecule has 4 heteroatoms. The Bertz CT molecular complexity index is 615. The Hall–Kier alpha value is -2.49. The van der Waals surface area contributed by atoms with Crippen LogP contribution in [0, 0.1) is 5.82 Å². The molecule has 0 heterocycles. The SMILES string of the molecule is CCC(=O)c1ccc(OC(=O)c2ccc(F)cc2)cc1. The normalized spacial score (nSPS) is 10.1. The van der Waals surface area contributed by atoms with Gasteiger partial charge in [-0.15, -0.1) is 0 Å². The first-order valence-corrected chi connectivity index (χ1v) is 6.21. The van der Waals surface area contributed by atoms with Crippen molar-refractivity contribution in [2.45, 2.75) is 13.3 Å². The highest BCUT2D eigenvalue weighted by Gasteiger charge is 2.09. The van der Waals surface area contributed by atoms with Crippen LogP contribution in [0.2, 0.25) is 0 Å². The number of hydrogen-bond donors (Lipinski definition) is 0. The molecule has 2 aromatic rings. The van der Waals surface area contributed by atoms with Gasteiger partial charge in [-0.2, -0.15) is 0 Å². The van der Waals surface area contributed by atoms with E-state index in [1.807, 2.05) is 0 Å². The number of ketones is 1. The summed E-state index contributed by atoms with van der Waals surface area (Å²) in [5, 5.41) is 0. The molecule has 0 aliphatic heterocycles. The topological polar surface area (TPSA) is 43.4 Å². The molecule has 0 amide bonds. The number of carbonyl (C=O) groups excluding carboxylic acids is 2. The minimum Gasteiger partial charge on any atom is -0.423 e. The van der Waals surface area contributed by atoms with E-state index in [2.05, 4.69) is 0 Å². The summed E-state index contributed by atoms with van der Waals surface area (Å²) in [7, 11) is 0. The van der Waals surface area contributed by atoms with E-state index in [0.717, 1.165) is 0 Å². The number of ether oxygens (including phenoxy) is 1. The van der Waals surface area contributed by atoms with Crippen molar-refractivity contribution in [1.82, 2.24) is 0 Å². The maximum Gasteiger partial charge on any atom is 0.343 e. The number of hydrogen-bond acceptors (Lipinski definition) is 3. The Morgan fingerprint density at radius 3 is 2.05 bits per heavy atom. The fourth-order valence-electron chi connectivity index (χ4n) is 1.66. The quantitative estimate of drug-likeness (QED) is 0.485. The molecule has 0 bridgehead atoms. The predicted molar refractivity (Wildman–Crippen MR) is 72.4 cm³/mol. The van der Waals surface area contributed by atoms with E-state index in [0.29, 0.717) is 17.7 Å². The molecule has 0 saturated carbocycles. The van der Waals surface area contributed by atoms with Gasteiger partial charge >= 0.3 is 5.97 Å². The molecule has 0 radical (unpaired) electrons. The molecular weight excluding hydrogens is 259 g/mol. The Morgan fingerprint density at radius 1 is 0.950 bits per heavy atom. The minimum absolute atomic E-state index is 0.0291. The number of rotatable bonds is 4. The summed E-state index contributed by atoms with van der Waals surface area (Å²) < 4.78 is 17.9. The fourth-order valence-corrected chi connectivity index (χ4v) is 1.66. The van der Waals surface area contributed by atoms with Crippen LogP contribution in [-0.4, -0.2) is 11.8 Å². The van der Waals surface area contributed by atoms with Crippen molar-refractivity contribution in [3.63, 3.8) is 0 Å². The highest BCUT2D eigenvalue weighted by Crippen LogP contribution is 2.15. The number of esters is 1. The van der Waals surface area contributed by atoms with E-state index in [-0.39, 0.29) is 11.3 Å². The van der Waals surface area contributed by atoms with Gasteiger partial charge in [-0.3, -0.25) is 4.79 Å². The Morgan fingerprint density at radius 2 is 1.50 bits per heavy atom. The van der Waals surface area contributed by atoms with Gasteiger partial charge in [0.05, 0.1) is 5.56 Å². The largest absolute Gasteiger partial charge is 0.423 e. The predicted octanol–water partition coefficient (Wildman–Crippen LogP) is 3.64. The number of Topliss-reactive ketones (excluding diaryl/α,β-unsaturated/α-hetero) is 1. The lowest BCUT2D eigenvalue weighted by Gasteiger charge is -2.05. The van der Waals surface area contributed by atoms with Crippen molar-refractivity contribution < 1.29 is 18.7 Å². The summed E-state index contributed by atoms with van der Waals surface area (Å²) >= 11 is 0. The van der Waals surface area contributed by atoms with Crippen LogP contribution in [0.1, 0.15) is 34.1 Å². The van der Waals surface area contributed by atoms with Gasteiger partial charge in [0.15, 0.2) is 5.78 Å². The Kier molecular flexibility index (Phi) is 4.25. The first kappa shape index (κ1) is 13.9. The Balaban J connectivity index is 2.08. The van der Waals surface area contributed by atoms with Crippen molar-refractivity contribution >= 4 is 11.8 Å². The van der Waals surface area contributed by atoms with Gasteiger partial charge < -0.3 is 4.74 Å². The zero-order chi connectivity index (χ0) is 14.5. The average Bonchev–Trinajstić information content (AvgIpc) is 2.48. The molecule has 2 rings (SSSR count). The standard InChI is InChI=1S/C16H13FO3/c1-2-15(18)11-5-9-14(10-6-11)20-16(19)12-3-7-13(17)8-4-12/h3-10H,2H2,1H3. The summed E-state index contributed by atoms with van der Waals surface area (Å²) in [6.07, 6.45) is 0.425. The lowest BCUT2D eigenvalue weighted by molar-refractivity contribution is 0.0734. The van der Waals surface area contributed by atoms with Crippen LogP contribution >= 0.6 is 0 Å². The third-order valence-electron chi connectivity index (χ3n) is 2.79. The van der Waals surface area contributed by atoms with Gasteiger partial charge in [0.25, 0.3) is 0 Å². The molecule has 0 atom stereocenters. The van der Waals surface area contributed by atoms with E-state index >= 15 is 0 Å². The van der Waals surface area contributed by atoms with Crippen molar-refractivity contribution in [2.24, 2.45) is 0 Å². The van der Waals surface area contributed by atoms with E-state index in [1.165, 1.54) is 24.3 Å². The first-order valence-electron chi connectivity index (χ1n) is 6.21. The molecule has 0 aromatic heterocycles. The van der Waals surface area contributed by atoms with Gasteiger partial charge in [0.2, 0.25) is 0 Å². The summed E-state index contributed by atoms with van der Waals surface area (Å²) in [4.78, 5) is 23.2. The molecular formula is C16H13FO3. The number of carbonyl (C=O) groups is 2. The molecule has 102 valence electrons. The van der Waals surface area contributed by atoms with Crippen molar-refractivity contribution in [1.29, 1.82) is 0 Å². The zero-order valence-corrected chi connectivity index (χ0v) is 10.9. The van der Waals surface area contributed by atoms with Crippen molar-refractivity contribution in [3.05, 3.63) is 65.5 Å². The summed E-state index contributed by atoms with van der Waals surface area (Å²) in [5.74, 6) is -0.614. The van der Waals surface area contributed by atoms with Gasteiger partial charge in [-0.05, 0) is 48.5 Å². The molecule has 0 aliphatic rings. The summed E-state index contributed by atoms with van der Waals surface area (Å²) in [6, 6.07) is 11.4. The van der Waals surface area contributed by atoms with Crippen LogP contribution in [0.4, 0.5) is 4.39 Å². The molecule has 20 heavy (non-hydrogen) atoms. The van der Waals surface area contributed by atoms with Crippen LogP contribution in [0.5, 0.6) is 5.75 Å². The number of benzene rings is 2.